The Balaban J connectivity index is 3.30. The Morgan fingerprint density at radius 3 is 0.910 bits per heavy atom. The van der Waals surface area contributed by atoms with Crippen molar-refractivity contribution >= 4 is 11.9 Å². The Hall–Kier alpha value is -1.40. The van der Waals surface area contributed by atoms with Crippen LogP contribution in [0.1, 0.15) is 412 Å². The summed E-state index contributed by atoms with van der Waals surface area (Å²) in [6.07, 6.45) is 84.3. The number of carbonyl (C=O) groups excluding carboxylic acids is 2. The molecule has 1 amide bonds. The highest BCUT2D eigenvalue weighted by Gasteiger charge is 2.20. The number of aliphatic hydroxyl groups is 2. The third-order valence-corrected chi connectivity index (χ3v) is 17.1. The lowest BCUT2D eigenvalue weighted by Gasteiger charge is -2.22. The van der Waals surface area contributed by atoms with Gasteiger partial charge in [-0.15, -0.1) is 0 Å². The Kier molecular flexibility index (Phi) is 66.9. The van der Waals surface area contributed by atoms with Gasteiger partial charge in [-0.1, -0.05) is 360 Å². The second kappa shape index (κ2) is 68.1. The van der Waals surface area contributed by atoms with E-state index < -0.39 is 12.1 Å². The largest absolute Gasteiger partial charge is 0.466 e. The van der Waals surface area contributed by atoms with Gasteiger partial charge in [0.05, 0.1) is 25.4 Å². The molecule has 0 aromatic rings. The second-order valence-electron chi connectivity index (χ2n) is 24.9. The van der Waals surface area contributed by atoms with E-state index in [4.69, 9.17) is 4.74 Å². The smallest absolute Gasteiger partial charge is 0.305 e. The van der Waals surface area contributed by atoms with E-state index in [2.05, 4.69) is 31.3 Å². The molecule has 0 aromatic carbocycles. The number of ether oxygens (including phenoxy) is 1. The summed E-state index contributed by atoms with van der Waals surface area (Å²) in [6.45, 7) is 4.98. The molecule has 0 radical (unpaired) electrons. The van der Waals surface area contributed by atoms with Gasteiger partial charge in [0.15, 0.2) is 0 Å². The number of aliphatic hydroxyl groups excluding tert-OH is 2. The van der Waals surface area contributed by atoms with Gasteiger partial charge in [0.1, 0.15) is 0 Å². The third-order valence-electron chi connectivity index (χ3n) is 17.1. The first-order chi connectivity index (χ1) is 38.5. The number of unbranched alkanes of at least 4 members (excludes halogenated alkanes) is 55. The van der Waals surface area contributed by atoms with Crippen molar-refractivity contribution in [2.24, 2.45) is 0 Å². The summed E-state index contributed by atoms with van der Waals surface area (Å²) in [5.74, 6) is -0.00613. The first kappa shape index (κ1) is 76.6. The molecular formula is C72H141NO5. The summed E-state index contributed by atoms with van der Waals surface area (Å²) < 4.78 is 5.49. The zero-order valence-corrected chi connectivity index (χ0v) is 53.2. The minimum Gasteiger partial charge on any atom is -0.466 e. The van der Waals surface area contributed by atoms with E-state index in [1.807, 2.05) is 0 Å². The number of rotatable bonds is 68. The van der Waals surface area contributed by atoms with Gasteiger partial charge in [-0.2, -0.15) is 0 Å². The van der Waals surface area contributed by atoms with Gasteiger partial charge in [0.2, 0.25) is 5.91 Å². The molecular weight excluding hydrogens is 959 g/mol. The van der Waals surface area contributed by atoms with Crippen molar-refractivity contribution in [2.45, 2.75) is 424 Å². The molecule has 0 aliphatic rings. The predicted octanol–water partition coefficient (Wildman–Crippen LogP) is 23.1. The number of esters is 1. The first-order valence-corrected chi connectivity index (χ1v) is 35.9. The molecule has 2 atom stereocenters. The van der Waals surface area contributed by atoms with Gasteiger partial charge in [0, 0.05) is 12.8 Å². The summed E-state index contributed by atoms with van der Waals surface area (Å²) in [7, 11) is 0. The molecule has 0 bridgehead atoms. The Labute approximate surface area is 489 Å². The molecule has 0 aliphatic carbocycles. The number of amides is 1. The molecule has 0 aromatic heterocycles. The highest BCUT2D eigenvalue weighted by molar-refractivity contribution is 5.76. The van der Waals surface area contributed by atoms with Crippen molar-refractivity contribution in [3.05, 3.63) is 12.2 Å². The normalized spacial score (nSPS) is 12.5. The fraction of sp³-hybridized carbons (Fsp3) is 0.944. The SMILES string of the molecule is CCCCCCCCCCCCCCC(=O)OCCCCCCCCCCCCCCCCCC/C=C\CCCCCCCCCCCCCCCCCCCC(=O)NC(CO)C(O)CCCCCCCCCCCCCC. The number of carbonyl (C=O) groups is 2. The monoisotopic (exact) mass is 1100 g/mol. The van der Waals surface area contributed by atoms with Crippen LogP contribution < -0.4 is 5.32 Å². The summed E-state index contributed by atoms with van der Waals surface area (Å²) in [5, 5.41) is 23.3. The molecule has 0 fully saturated rings. The van der Waals surface area contributed by atoms with Crippen molar-refractivity contribution in [1.82, 2.24) is 5.32 Å². The Morgan fingerprint density at radius 1 is 0.346 bits per heavy atom. The van der Waals surface area contributed by atoms with E-state index in [1.165, 1.54) is 340 Å². The maximum absolute atomic E-state index is 12.5. The van der Waals surface area contributed by atoms with Crippen LogP contribution >= 0.6 is 0 Å². The van der Waals surface area contributed by atoms with Crippen molar-refractivity contribution in [3.63, 3.8) is 0 Å². The van der Waals surface area contributed by atoms with Crippen LogP contribution in [0.4, 0.5) is 0 Å². The molecule has 2 unspecified atom stereocenters. The van der Waals surface area contributed by atoms with Crippen molar-refractivity contribution < 1.29 is 24.5 Å². The quantitative estimate of drug-likeness (QED) is 0.0320. The topological polar surface area (TPSA) is 95.9 Å². The number of allylic oxidation sites excluding steroid dienone is 2. The highest BCUT2D eigenvalue weighted by Crippen LogP contribution is 2.19. The molecule has 464 valence electrons. The van der Waals surface area contributed by atoms with Gasteiger partial charge in [-0.25, -0.2) is 0 Å². The third kappa shape index (κ3) is 63.8. The van der Waals surface area contributed by atoms with Gasteiger partial charge in [-0.3, -0.25) is 9.59 Å². The lowest BCUT2D eigenvalue weighted by atomic mass is 10.0. The van der Waals surface area contributed by atoms with Crippen LogP contribution in [0.3, 0.4) is 0 Å². The summed E-state index contributed by atoms with van der Waals surface area (Å²) in [4.78, 5) is 24.5. The highest BCUT2D eigenvalue weighted by atomic mass is 16.5. The average molecular weight is 1100 g/mol. The first-order valence-electron chi connectivity index (χ1n) is 35.9. The zero-order valence-electron chi connectivity index (χ0n) is 53.2. The van der Waals surface area contributed by atoms with Crippen LogP contribution in [0.25, 0.3) is 0 Å². The van der Waals surface area contributed by atoms with Crippen molar-refractivity contribution in [2.75, 3.05) is 13.2 Å². The van der Waals surface area contributed by atoms with E-state index in [9.17, 15) is 19.8 Å². The van der Waals surface area contributed by atoms with E-state index >= 15 is 0 Å². The number of nitrogens with one attached hydrogen (secondary N) is 1. The minimum absolute atomic E-state index is 0.0229. The molecule has 6 nitrogen and oxygen atoms in total. The predicted molar refractivity (Wildman–Crippen MR) is 343 cm³/mol. The molecule has 0 spiro atoms. The number of hydrogen-bond acceptors (Lipinski definition) is 5. The van der Waals surface area contributed by atoms with Crippen molar-refractivity contribution in [1.29, 1.82) is 0 Å². The van der Waals surface area contributed by atoms with Gasteiger partial charge in [-0.05, 0) is 51.4 Å². The molecule has 78 heavy (non-hydrogen) atoms. The van der Waals surface area contributed by atoms with Crippen molar-refractivity contribution in [3.8, 4) is 0 Å². The lowest BCUT2D eigenvalue weighted by molar-refractivity contribution is -0.143. The van der Waals surface area contributed by atoms with E-state index in [-0.39, 0.29) is 18.5 Å². The molecule has 0 saturated heterocycles. The summed E-state index contributed by atoms with van der Waals surface area (Å²) in [6, 6.07) is -0.536. The lowest BCUT2D eigenvalue weighted by Crippen LogP contribution is -2.45. The minimum atomic E-state index is -0.659. The van der Waals surface area contributed by atoms with E-state index in [0.29, 0.717) is 25.9 Å². The number of hydrogen-bond donors (Lipinski definition) is 3. The fourth-order valence-corrected chi connectivity index (χ4v) is 11.6. The Morgan fingerprint density at radius 2 is 0.603 bits per heavy atom. The average Bonchev–Trinajstić information content (AvgIpc) is 3.44. The molecule has 0 heterocycles. The second-order valence-corrected chi connectivity index (χ2v) is 24.9. The van der Waals surface area contributed by atoms with Crippen LogP contribution in [0.5, 0.6) is 0 Å². The van der Waals surface area contributed by atoms with Gasteiger partial charge < -0.3 is 20.3 Å². The zero-order chi connectivity index (χ0) is 56.4. The molecule has 0 aliphatic heterocycles. The van der Waals surface area contributed by atoms with E-state index in [1.54, 1.807) is 0 Å². The maximum Gasteiger partial charge on any atom is 0.305 e. The summed E-state index contributed by atoms with van der Waals surface area (Å²) >= 11 is 0. The molecule has 0 rings (SSSR count). The van der Waals surface area contributed by atoms with Crippen LogP contribution in [0.15, 0.2) is 12.2 Å². The summed E-state index contributed by atoms with van der Waals surface area (Å²) in [5.41, 5.74) is 0. The van der Waals surface area contributed by atoms with Crippen LogP contribution in [0, 0.1) is 0 Å². The molecule has 0 saturated carbocycles. The van der Waals surface area contributed by atoms with E-state index in [0.717, 1.165) is 38.5 Å². The van der Waals surface area contributed by atoms with Crippen LogP contribution in [-0.4, -0.2) is 47.4 Å². The fourth-order valence-electron chi connectivity index (χ4n) is 11.6. The van der Waals surface area contributed by atoms with Crippen LogP contribution in [0.2, 0.25) is 0 Å². The maximum atomic E-state index is 12.5. The van der Waals surface area contributed by atoms with Crippen LogP contribution in [-0.2, 0) is 14.3 Å². The molecule has 6 heteroatoms. The molecule has 3 N–H and O–H groups in total. The van der Waals surface area contributed by atoms with Gasteiger partial charge >= 0.3 is 5.97 Å². The standard InChI is InChI=1S/C72H141NO5/c1-3-5-7-9-11-13-15-44-48-52-56-60-64-70(75)69(68-74)73-71(76)65-61-57-53-49-45-42-40-38-36-34-32-30-28-26-24-22-20-18-17-19-21-23-25-27-29-31-33-35-37-39-41-43-47-51-55-59-63-67-78-72(77)66-62-58-54-50-46-16-14-12-10-8-6-4-2/h17,19,69-70,74-75H,3-16,18,20-68H2,1-2H3,(H,73,76)/b19-17-. The Bertz CT molecular complexity index is 1180. The van der Waals surface area contributed by atoms with Gasteiger partial charge in [0.25, 0.3) is 0 Å².